The first-order chi connectivity index (χ1) is 9.11. The lowest BCUT2D eigenvalue weighted by atomic mass is 9.97. The average molecular weight is 320 g/mol. The van der Waals surface area contributed by atoms with Gasteiger partial charge in [-0.15, -0.1) is 0 Å². The molecule has 3 heteroatoms. The molecule has 2 aromatic rings. The molecule has 100 valence electrons. The fourth-order valence-electron chi connectivity index (χ4n) is 2.08. The van der Waals surface area contributed by atoms with Gasteiger partial charge in [0.1, 0.15) is 5.75 Å². The van der Waals surface area contributed by atoms with E-state index in [1.807, 2.05) is 43.3 Å². The number of hydrogen-bond donors (Lipinski definition) is 1. The molecule has 0 aliphatic carbocycles. The summed E-state index contributed by atoms with van der Waals surface area (Å²) in [7, 11) is 0. The Morgan fingerprint density at radius 3 is 2.68 bits per heavy atom. The van der Waals surface area contributed by atoms with Crippen LogP contribution < -0.4 is 10.5 Å². The maximum Gasteiger partial charge on any atom is 0.124 e. The molecule has 2 rings (SSSR count). The first-order valence-corrected chi connectivity index (χ1v) is 7.15. The van der Waals surface area contributed by atoms with Crippen LogP contribution >= 0.6 is 15.9 Å². The monoisotopic (exact) mass is 319 g/mol. The fraction of sp³-hybridized carbons (Fsp3) is 0.250. The Kier molecular flexibility index (Phi) is 4.61. The highest BCUT2D eigenvalue weighted by molar-refractivity contribution is 9.10. The summed E-state index contributed by atoms with van der Waals surface area (Å²) in [5.41, 5.74) is 9.67. The molecule has 0 fully saturated rings. The molecule has 0 heterocycles. The standard InChI is InChI=1S/C16H18BrNO/c1-3-19-15-8-7-11(2)9-14(15)16(18)12-5-4-6-13(17)10-12/h4-10,16H,3,18H2,1-2H3. The van der Waals surface area contributed by atoms with E-state index in [0.717, 1.165) is 21.3 Å². The minimum Gasteiger partial charge on any atom is -0.494 e. The highest BCUT2D eigenvalue weighted by Gasteiger charge is 2.14. The molecule has 19 heavy (non-hydrogen) atoms. The number of ether oxygens (including phenoxy) is 1. The Morgan fingerprint density at radius 1 is 1.21 bits per heavy atom. The molecule has 0 aromatic heterocycles. The largest absolute Gasteiger partial charge is 0.494 e. The Hall–Kier alpha value is -1.32. The van der Waals surface area contributed by atoms with Crippen LogP contribution in [0.4, 0.5) is 0 Å². The van der Waals surface area contributed by atoms with Gasteiger partial charge in [-0.25, -0.2) is 0 Å². The van der Waals surface area contributed by atoms with E-state index in [0.29, 0.717) is 6.61 Å². The van der Waals surface area contributed by atoms with Gasteiger partial charge in [-0.05, 0) is 37.6 Å². The van der Waals surface area contributed by atoms with Crippen LogP contribution in [-0.4, -0.2) is 6.61 Å². The van der Waals surface area contributed by atoms with Gasteiger partial charge >= 0.3 is 0 Å². The third kappa shape index (κ3) is 3.37. The fourth-order valence-corrected chi connectivity index (χ4v) is 2.49. The lowest BCUT2D eigenvalue weighted by molar-refractivity contribution is 0.335. The summed E-state index contributed by atoms with van der Waals surface area (Å²) >= 11 is 3.48. The number of rotatable bonds is 4. The van der Waals surface area contributed by atoms with Gasteiger partial charge in [-0.2, -0.15) is 0 Å². The smallest absolute Gasteiger partial charge is 0.124 e. The van der Waals surface area contributed by atoms with Gasteiger partial charge < -0.3 is 10.5 Å². The van der Waals surface area contributed by atoms with Gasteiger partial charge in [0.2, 0.25) is 0 Å². The van der Waals surface area contributed by atoms with Gasteiger partial charge in [-0.3, -0.25) is 0 Å². The molecule has 0 bridgehead atoms. The van der Waals surface area contributed by atoms with Gasteiger partial charge in [0, 0.05) is 10.0 Å². The summed E-state index contributed by atoms with van der Waals surface area (Å²) in [6, 6.07) is 14.0. The summed E-state index contributed by atoms with van der Waals surface area (Å²) < 4.78 is 6.71. The molecular formula is C16H18BrNO. The van der Waals surface area contributed by atoms with Gasteiger partial charge in [0.25, 0.3) is 0 Å². The lowest BCUT2D eigenvalue weighted by Crippen LogP contribution is -2.13. The first-order valence-electron chi connectivity index (χ1n) is 6.36. The topological polar surface area (TPSA) is 35.2 Å². The number of nitrogens with two attached hydrogens (primary N) is 1. The summed E-state index contributed by atoms with van der Waals surface area (Å²) in [5.74, 6) is 0.862. The van der Waals surface area contributed by atoms with Crippen molar-refractivity contribution < 1.29 is 4.74 Å². The van der Waals surface area contributed by atoms with E-state index < -0.39 is 0 Å². The van der Waals surface area contributed by atoms with E-state index in [1.165, 1.54) is 5.56 Å². The highest BCUT2D eigenvalue weighted by atomic mass is 79.9. The van der Waals surface area contributed by atoms with E-state index in [4.69, 9.17) is 10.5 Å². The Bertz CT molecular complexity index is 568. The van der Waals surface area contributed by atoms with Crippen LogP contribution in [0.1, 0.15) is 29.7 Å². The maximum absolute atomic E-state index is 6.38. The van der Waals surface area contributed by atoms with E-state index in [9.17, 15) is 0 Å². The second-order valence-electron chi connectivity index (χ2n) is 4.51. The molecule has 0 aliphatic rings. The maximum atomic E-state index is 6.38. The van der Waals surface area contributed by atoms with Crippen LogP contribution in [-0.2, 0) is 0 Å². The third-order valence-corrected chi connectivity index (χ3v) is 3.50. The van der Waals surface area contributed by atoms with Crippen LogP contribution in [0.3, 0.4) is 0 Å². The van der Waals surface area contributed by atoms with E-state index in [1.54, 1.807) is 0 Å². The van der Waals surface area contributed by atoms with Crippen molar-refractivity contribution in [1.82, 2.24) is 0 Å². The number of benzene rings is 2. The van der Waals surface area contributed by atoms with Crippen LogP contribution in [0.2, 0.25) is 0 Å². The zero-order chi connectivity index (χ0) is 13.8. The summed E-state index contributed by atoms with van der Waals surface area (Å²) in [6.45, 7) is 4.68. The quantitative estimate of drug-likeness (QED) is 0.916. The van der Waals surface area contributed by atoms with Crippen molar-refractivity contribution in [1.29, 1.82) is 0 Å². The van der Waals surface area contributed by atoms with Crippen molar-refractivity contribution in [2.24, 2.45) is 5.73 Å². The van der Waals surface area contributed by atoms with Gasteiger partial charge in [0.05, 0.1) is 12.6 Å². The van der Waals surface area contributed by atoms with Crippen LogP contribution in [0.15, 0.2) is 46.9 Å². The van der Waals surface area contributed by atoms with Crippen LogP contribution in [0.25, 0.3) is 0 Å². The molecule has 1 atom stereocenters. The molecular weight excluding hydrogens is 302 g/mol. The third-order valence-electron chi connectivity index (χ3n) is 3.01. The second kappa shape index (κ2) is 6.22. The van der Waals surface area contributed by atoms with Crippen molar-refractivity contribution in [3.8, 4) is 5.75 Å². The molecule has 0 spiro atoms. The number of aryl methyl sites for hydroxylation is 1. The van der Waals surface area contributed by atoms with E-state index in [2.05, 4.69) is 28.9 Å². The van der Waals surface area contributed by atoms with Crippen molar-refractivity contribution in [2.45, 2.75) is 19.9 Å². The first kappa shape index (κ1) is 14.1. The number of halogens is 1. The number of hydrogen-bond acceptors (Lipinski definition) is 2. The van der Waals surface area contributed by atoms with Crippen LogP contribution in [0.5, 0.6) is 5.75 Å². The minimum atomic E-state index is -0.182. The Balaban J connectivity index is 2.42. The average Bonchev–Trinajstić information content (AvgIpc) is 2.40. The minimum absolute atomic E-state index is 0.182. The second-order valence-corrected chi connectivity index (χ2v) is 5.42. The molecule has 2 nitrogen and oxygen atoms in total. The molecule has 2 aromatic carbocycles. The van der Waals surface area contributed by atoms with E-state index >= 15 is 0 Å². The lowest BCUT2D eigenvalue weighted by Gasteiger charge is -2.18. The molecule has 0 radical (unpaired) electrons. The molecule has 0 aliphatic heterocycles. The SMILES string of the molecule is CCOc1ccc(C)cc1C(N)c1cccc(Br)c1. The molecule has 0 saturated carbocycles. The summed E-state index contributed by atoms with van der Waals surface area (Å²) in [6.07, 6.45) is 0. The van der Waals surface area contributed by atoms with E-state index in [-0.39, 0.29) is 6.04 Å². The van der Waals surface area contributed by atoms with Gasteiger partial charge in [-0.1, -0.05) is 45.8 Å². The Labute approximate surface area is 122 Å². The zero-order valence-electron chi connectivity index (χ0n) is 11.2. The Morgan fingerprint density at radius 2 is 2.00 bits per heavy atom. The van der Waals surface area contributed by atoms with Crippen molar-refractivity contribution in [3.63, 3.8) is 0 Å². The van der Waals surface area contributed by atoms with Gasteiger partial charge in [0.15, 0.2) is 0 Å². The predicted octanol–water partition coefficient (Wildman–Crippen LogP) is 4.20. The predicted molar refractivity (Wildman–Crippen MR) is 82.5 cm³/mol. The summed E-state index contributed by atoms with van der Waals surface area (Å²) in [5, 5.41) is 0. The highest BCUT2D eigenvalue weighted by Crippen LogP contribution is 2.30. The summed E-state index contributed by atoms with van der Waals surface area (Å²) in [4.78, 5) is 0. The van der Waals surface area contributed by atoms with Crippen molar-refractivity contribution >= 4 is 15.9 Å². The van der Waals surface area contributed by atoms with Crippen LogP contribution in [0, 0.1) is 6.92 Å². The zero-order valence-corrected chi connectivity index (χ0v) is 12.8. The normalized spacial score (nSPS) is 12.2. The molecule has 2 N–H and O–H groups in total. The van der Waals surface area contributed by atoms with Crippen molar-refractivity contribution in [3.05, 3.63) is 63.6 Å². The molecule has 0 amide bonds. The molecule has 1 unspecified atom stereocenters. The molecule has 0 saturated heterocycles. The van der Waals surface area contributed by atoms with Crippen molar-refractivity contribution in [2.75, 3.05) is 6.61 Å².